The zero-order chi connectivity index (χ0) is 19.1. The van der Waals surface area contributed by atoms with Crippen LogP contribution in [0.4, 0.5) is 4.39 Å². The molecular formula is C20H19ClFNO3. The van der Waals surface area contributed by atoms with Gasteiger partial charge in [0.05, 0.1) is 5.02 Å². The average Bonchev–Trinajstić information content (AvgIpc) is 2.61. The summed E-state index contributed by atoms with van der Waals surface area (Å²) in [4.78, 5) is 25.2. The average molecular weight is 376 g/mol. The van der Waals surface area contributed by atoms with Crippen molar-refractivity contribution in [3.63, 3.8) is 0 Å². The molecule has 0 unspecified atom stereocenters. The van der Waals surface area contributed by atoms with Crippen molar-refractivity contribution in [2.75, 3.05) is 13.7 Å². The van der Waals surface area contributed by atoms with E-state index in [1.54, 1.807) is 7.05 Å². The van der Waals surface area contributed by atoms with E-state index in [1.165, 1.54) is 29.2 Å². The fraction of sp³-hybridized carbons (Fsp3) is 0.200. The quantitative estimate of drug-likeness (QED) is 0.566. The van der Waals surface area contributed by atoms with Crippen LogP contribution in [-0.2, 0) is 20.9 Å². The minimum absolute atomic E-state index is 0.0916. The van der Waals surface area contributed by atoms with Crippen LogP contribution in [0.15, 0.2) is 48.5 Å². The zero-order valence-electron chi connectivity index (χ0n) is 14.5. The standard InChI is InChI=1S/C20H19ClFNO3/c1-14-6-8-15(9-7-14)12-23(2)19(24)13-26-20(25)11-10-16-17(21)4-3-5-18(16)22/h3-11H,12-13H2,1-2H3/b11-10+. The third-order valence-electron chi connectivity index (χ3n) is 3.69. The second-order valence-corrected chi connectivity index (χ2v) is 6.22. The number of halogens is 2. The molecule has 0 aromatic heterocycles. The van der Waals surface area contributed by atoms with Gasteiger partial charge in [-0.1, -0.05) is 47.5 Å². The third-order valence-corrected chi connectivity index (χ3v) is 4.02. The number of likely N-dealkylation sites (N-methyl/N-ethyl adjacent to an activating group) is 1. The van der Waals surface area contributed by atoms with E-state index >= 15 is 0 Å². The molecule has 1 amide bonds. The van der Waals surface area contributed by atoms with Gasteiger partial charge in [-0.2, -0.15) is 0 Å². The molecule has 2 aromatic rings. The van der Waals surface area contributed by atoms with Gasteiger partial charge >= 0.3 is 5.97 Å². The van der Waals surface area contributed by atoms with Crippen LogP contribution in [0.3, 0.4) is 0 Å². The number of nitrogens with zero attached hydrogens (tertiary/aromatic N) is 1. The number of hydrogen-bond donors (Lipinski definition) is 0. The summed E-state index contributed by atoms with van der Waals surface area (Å²) in [5, 5.41) is 0.183. The molecule has 4 nitrogen and oxygen atoms in total. The number of aryl methyl sites for hydroxylation is 1. The van der Waals surface area contributed by atoms with E-state index in [-0.39, 0.29) is 16.5 Å². The van der Waals surface area contributed by atoms with E-state index in [9.17, 15) is 14.0 Å². The van der Waals surface area contributed by atoms with Gasteiger partial charge in [0.2, 0.25) is 0 Å². The molecule has 0 N–H and O–H groups in total. The van der Waals surface area contributed by atoms with Gasteiger partial charge in [-0.15, -0.1) is 0 Å². The molecule has 136 valence electrons. The maximum atomic E-state index is 13.6. The fourth-order valence-electron chi connectivity index (χ4n) is 2.17. The van der Waals surface area contributed by atoms with Gasteiger partial charge in [0.1, 0.15) is 5.82 Å². The first-order chi connectivity index (χ1) is 12.4. The Morgan fingerprint density at radius 1 is 1.19 bits per heavy atom. The molecule has 2 rings (SSSR count). The van der Waals surface area contributed by atoms with Crippen molar-refractivity contribution in [2.45, 2.75) is 13.5 Å². The summed E-state index contributed by atoms with van der Waals surface area (Å²) in [7, 11) is 1.63. The van der Waals surface area contributed by atoms with E-state index in [1.807, 2.05) is 31.2 Å². The van der Waals surface area contributed by atoms with Gasteiger partial charge in [0.15, 0.2) is 6.61 Å². The van der Waals surface area contributed by atoms with Gasteiger partial charge in [0, 0.05) is 25.2 Å². The second-order valence-electron chi connectivity index (χ2n) is 5.81. The summed E-state index contributed by atoms with van der Waals surface area (Å²) in [6, 6.07) is 12.0. The van der Waals surface area contributed by atoms with E-state index in [4.69, 9.17) is 16.3 Å². The fourth-order valence-corrected chi connectivity index (χ4v) is 2.39. The van der Waals surface area contributed by atoms with Crippen molar-refractivity contribution in [3.8, 4) is 0 Å². The number of amides is 1. The molecular weight excluding hydrogens is 357 g/mol. The lowest BCUT2D eigenvalue weighted by Crippen LogP contribution is -2.30. The van der Waals surface area contributed by atoms with Gasteiger partial charge in [-0.3, -0.25) is 4.79 Å². The Morgan fingerprint density at radius 2 is 1.88 bits per heavy atom. The molecule has 0 spiro atoms. The van der Waals surface area contributed by atoms with Crippen molar-refractivity contribution in [1.29, 1.82) is 0 Å². The van der Waals surface area contributed by atoms with E-state index in [2.05, 4.69) is 0 Å². The summed E-state index contributed by atoms with van der Waals surface area (Å²) < 4.78 is 18.5. The maximum absolute atomic E-state index is 13.6. The Kier molecular flexibility index (Phi) is 6.92. The van der Waals surface area contributed by atoms with Crippen LogP contribution in [0.25, 0.3) is 6.08 Å². The molecule has 0 bridgehead atoms. The lowest BCUT2D eigenvalue weighted by atomic mass is 10.1. The molecule has 0 aliphatic rings. The highest BCUT2D eigenvalue weighted by molar-refractivity contribution is 6.32. The van der Waals surface area contributed by atoms with Crippen molar-refractivity contribution in [3.05, 3.63) is 76.1 Å². The molecule has 2 aromatic carbocycles. The number of carbonyl (C=O) groups excluding carboxylic acids is 2. The molecule has 0 saturated carbocycles. The number of esters is 1. The van der Waals surface area contributed by atoms with Crippen molar-refractivity contribution >= 4 is 29.6 Å². The van der Waals surface area contributed by atoms with Crippen LogP contribution < -0.4 is 0 Å². The van der Waals surface area contributed by atoms with E-state index in [0.717, 1.165) is 17.2 Å². The highest BCUT2D eigenvalue weighted by Gasteiger charge is 2.12. The normalized spacial score (nSPS) is 10.8. The largest absolute Gasteiger partial charge is 0.452 e. The van der Waals surface area contributed by atoms with E-state index < -0.39 is 18.4 Å². The Hall–Kier alpha value is -2.66. The minimum Gasteiger partial charge on any atom is -0.452 e. The highest BCUT2D eigenvalue weighted by atomic mass is 35.5. The van der Waals surface area contributed by atoms with Gasteiger partial charge in [-0.05, 0) is 30.7 Å². The van der Waals surface area contributed by atoms with Crippen LogP contribution in [0.1, 0.15) is 16.7 Å². The molecule has 26 heavy (non-hydrogen) atoms. The first-order valence-electron chi connectivity index (χ1n) is 7.95. The number of hydrogen-bond acceptors (Lipinski definition) is 3. The summed E-state index contributed by atoms with van der Waals surface area (Å²) in [5.74, 6) is -1.63. The number of carbonyl (C=O) groups is 2. The Balaban J connectivity index is 1.85. The van der Waals surface area contributed by atoms with Crippen LogP contribution in [0.2, 0.25) is 5.02 Å². The van der Waals surface area contributed by atoms with Crippen molar-refractivity contribution < 1.29 is 18.7 Å². The predicted molar refractivity (Wildman–Crippen MR) is 99.1 cm³/mol. The van der Waals surface area contributed by atoms with E-state index in [0.29, 0.717) is 6.54 Å². The number of benzene rings is 2. The van der Waals surface area contributed by atoms with Crippen LogP contribution in [-0.4, -0.2) is 30.4 Å². The molecule has 0 saturated heterocycles. The van der Waals surface area contributed by atoms with Crippen LogP contribution in [0, 0.1) is 12.7 Å². The summed E-state index contributed by atoms with van der Waals surface area (Å²) in [6.07, 6.45) is 2.26. The summed E-state index contributed by atoms with van der Waals surface area (Å²) >= 11 is 5.86. The van der Waals surface area contributed by atoms with Gasteiger partial charge in [0.25, 0.3) is 5.91 Å². The van der Waals surface area contributed by atoms with Crippen LogP contribution in [0.5, 0.6) is 0 Å². The van der Waals surface area contributed by atoms with Crippen LogP contribution >= 0.6 is 11.6 Å². The topological polar surface area (TPSA) is 46.6 Å². The molecule has 0 fully saturated rings. The Labute approximate surface area is 156 Å². The summed E-state index contributed by atoms with van der Waals surface area (Å²) in [6.45, 7) is 2.01. The Bertz CT molecular complexity index is 798. The molecule has 0 aliphatic carbocycles. The first-order valence-corrected chi connectivity index (χ1v) is 8.33. The molecule has 6 heteroatoms. The highest BCUT2D eigenvalue weighted by Crippen LogP contribution is 2.20. The minimum atomic E-state index is -0.749. The maximum Gasteiger partial charge on any atom is 0.331 e. The molecule has 0 radical (unpaired) electrons. The monoisotopic (exact) mass is 375 g/mol. The number of ether oxygens (including phenoxy) is 1. The SMILES string of the molecule is Cc1ccc(CN(C)C(=O)COC(=O)/C=C/c2c(F)cccc2Cl)cc1. The van der Waals surface area contributed by atoms with Crippen molar-refractivity contribution in [2.24, 2.45) is 0 Å². The Morgan fingerprint density at radius 3 is 2.54 bits per heavy atom. The van der Waals surface area contributed by atoms with Crippen molar-refractivity contribution in [1.82, 2.24) is 4.90 Å². The molecule has 0 heterocycles. The molecule has 0 aliphatic heterocycles. The predicted octanol–water partition coefficient (Wildman–Crippen LogP) is 4.00. The summed E-state index contributed by atoms with van der Waals surface area (Å²) in [5.41, 5.74) is 2.21. The van der Waals surface area contributed by atoms with Gasteiger partial charge in [-0.25, -0.2) is 9.18 Å². The number of rotatable bonds is 6. The zero-order valence-corrected chi connectivity index (χ0v) is 15.3. The van der Waals surface area contributed by atoms with Gasteiger partial charge < -0.3 is 9.64 Å². The smallest absolute Gasteiger partial charge is 0.331 e. The second kappa shape index (κ2) is 9.15. The lowest BCUT2D eigenvalue weighted by Gasteiger charge is -2.17. The third kappa shape index (κ3) is 5.70. The first kappa shape index (κ1) is 19.7. The lowest BCUT2D eigenvalue weighted by molar-refractivity contribution is -0.147. The molecule has 0 atom stereocenters.